The molecule has 1 atom stereocenters. The first-order valence-electron chi connectivity index (χ1n) is 7.65. The van der Waals surface area contributed by atoms with E-state index in [0.29, 0.717) is 11.3 Å². The molecule has 1 aromatic heterocycles. The summed E-state index contributed by atoms with van der Waals surface area (Å²) in [6.07, 6.45) is 2.75. The fraction of sp³-hybridized carbons (Fsp3) is 0.167. The summed E-state index contributed by atoms with van der Waals surface area (Å²) in [6, 6.07) is 8.61. The van der Waals surface area contributed by atoms with Gasteiger partial charge >= 0.3 is 5.97 Å². The van der Waals surface area contributed by atoms with Crippen molar-refractivity contribution in [1.29, 1.82) is 0 Å². The first kappa shape index (κ1) is 18.8. The number of benzene rings is 1. The molecule has 2 amide bonds. The van der Waals surface area contributed by atoms with E-state index in [0.717, 1.165) is 0 Å². The summed E-state index contributed by atoms with van der Waals surface area (Å²) in [7, 11) is 1.53. The van der Waals surface area contributed by atoms with Gasteiger partial charge in [0.15, 0.2) is 5.76 Å². The van der Waals surface area contributed by atoms with Gasteiger partial charge in [0.05, 0.1) is 13.4 Å². The summed E-state index contributed by atoms with van der Waals surface area (Å²) in [5.74, 6) is -1.92. The summed E-state index contributed by atoms with van der Waals surface area (Å²) in [5, 5.41) is 13.7. The van der Waals surface area contributed by atoms with Gasteiger partial charge in [0.25, 0.3) is 11.8 Å². The van der Waals surface area contributed by atoms with Gasteiger partial charge in [0, 0.05) is 0 Å². The molecule has 0 aliphatic rings. The fourth-order valence-corrected chi connectivity index (χ4v) is 1.95. The van der Waals surface area contributed by atoms with E-state index >= 15 is 0 Å². The summed E-state index contributed by atoms with van der Waals surface area (Å²) in [5.41, 5.74) is 0.489. The van der Waals surface area contributed by atoms with Crippen molar-refractivity contribution in [3.8, 4) is 5.75 Å². The van der Waals surface area contributed by atoms with Crippen LogP contribution in [-0.2, 0) is 9.59 Å². The van der Waals surface area contributed by atoms with Crippen LogP contribution in [0.15, 0.2) is 52.8 Å². The summed E-state index contributed by atoms with van der Waals surface area (Å²) in [4.78, 5) is 35.5. The van der Waals surface area contributed by atoms with Crippen molar-refractivity contribution < 1.29 is 28.6 Å². The second kappa shape index (κ2) is 8.52. The van der Waals surface area contributed by atoms with E-state index in [9.17, 15) is 14.4 Å². The van der Waals surface area contributed by atoms with Gasteiger partial charge in [-0.15, -0.1) is 0 Å². The highest BCUT2D eigenvalue weighted by Crippen LogP contribution is 2.14. The average molecular weight is 358 g/mol. The number of carbonyl (C=O) groups excluding carboxylic acids is 2. The van der Waals surface area contributed by atoms with Gasteiger partial charge in [0.1, 0.15) is 17.5 Å². The van der Waals surface area contributed by atoms with Crippen LogP contribution in [0.2, 0.25) is 0 Å². The molecule has 0 spiro atoms. The normalized spacial score (nSPS) is 12.2. The number of carbonyl (C=O) groups is 3. The van der Waals surface area contributed by atoms with Crippen molar-refractivity contribution in [3.63, 3.8) is 0 Å². The van der Waals surface area contributed by atoms with Crippen LogP contribution < -0.4 is 15.4 Å². The Balaban J connectivity index is 2.27. The molecule has 3 N–H and O–H groups in total. The first-order valence-corrected chi connectivity index (χ1v) is 7.65. The Morgan fingerprint density at radius 2 is 1.88 bits per heavy atom. The number of carboxylic acid groups (broad SMARTS) is 1. The number of rotatable bonds is 7. The molecule has 0 saturated carbocycles. The second-order valence-corrected chi connectivity index (χ2v) is 5.30. The molecule has 0 radical (unpaired) electrons. The summed E-state index contributed by atoms with van der Waals surface area (Å²) >= 11 is 0. The van der Waals surface area contributed by atoms with Gasteiger partial charge in [-0.3, -0.25) is 14.4 Å². The van der Waals surface area contributed by atoms with Crippen molar-refractivity contribution in [2.45, 2.75) is 13.0 Å². The average Bonchev–Trinajstić information content (AvgIpc) is 3.16. The Morgan fingerprint density at radius 1 is 1.19 bits per heavy atom. The number of nitrogens with one attached hydrogen (secondary N) is 2. The highest BCUT2D eigenvalue weighted by molar-refractivity contribution is 6.05. The number of hydrogen-bond acceptors (Lipinski definition) is 5. The van der Waals surface area contributed by atoms with Crippen molar-refractivity contribution in [2.75, 3.05) is 7.11 Å². The lowest BCUT2D eigenvalue weighted by Crippen LogP contribution is -2.42. The van der Waals surface area contributed by atoms with Crippen LogP contribution in [0.4, 0.5) is 0 Å². The van der Waals surface area contributed by atoms with Gasteiger partial charge in [-0.05, 0) is 42.8 Å². The number of amides is 2. The second-order valence-electron chi connectivity index (χ2n) is 5.30. The SMILES string of the molecule is COc1ccc(C=C(NC(=O)c2ccco2)C(=O)NC(C)C(=O)O)cc1. The number of hydrogen-bond donors (Lipinski definition) is 3. The Bertz CT molecular complexity index is 809. The molecule has 0 aliphatic carbocycles. The van der Waals surface area contributed by atoms with E-state index in [2.05, 4.69) is 10.6 Å². The number of aliphatic carboxylic acids is 1. The molecule has 0 aliphatic heterocycles. The molecule has 1 heterocycles. The third-order valence-electron chi connectivity index (χ3n) is 3.38. The van der Waals surface area contributed by atoms with E-state index in [1.165, 1.54) is 38.5 Å². The monoisotopic (exact) mass is 358 g/mol. The van der Waals surface area contributed by atoms with Crippen LogP contribution in [-0.4, -0.2) is 36.0 Å². The topological polar surface area (TPSA) is 118 Å². The summed E-state index contributed by atoms with van der Waals surface area (Å²) < 4.78 is 10.1. The van der Waals surface area contributed by atoms with E-state index in [4.69, 9.17) is 14.3 Å². The number of furan rings is 1. The van der Waals surface area contributed by atoms with Crippen molar-refractivity contribution in [2.24, 2.45) is 0 Å². The largest absolute Gasteiger partial charge is 0.497 e. The zero-order chi connectivity index (χ0) is 19.1. The quantitative estimate of drug-likeness (QED) is 0.648. The number of carboxylic acids is 1. The van der Waals surface area contributed by atoms with Crippen LogP contribution in [0, 0.1) is 0 Å². The minimum absolute atomic E-state index is 0.0183. The Hall–Kier alpha value is -3.55. The maximum atomic E-state index is 12.4. The van der Waals surface area contributed by atoms with Gasteiger partial charge < -0.3 is 24.9 Å². The fourth-order valence-electron chi connectivity index (χ4n) is 1.95. The van der Waals surface area contributed by atoms with Gasteiger partial charge in [-0.1, -0.05) is 12.1 Å². The standard InChI is InChI=1S/C18H18N2O6/c1-11(18(23)24)19-16(21)14(20-17(22)15-4-3-9-26-15)10-12-5-7-13(25-2)8-6-12/h3-11H,1-2H3,(H,19,21)(H,20,22)(H,23,24). The molecule has 26 heavy (non-hydrogen) atoms. The third kappa shape index (κ3) is 4.97. The van der Waals surface area contributed by atoms with Crippen molar-refractivity contribution in [1.82, 2.24) is 10.6 Å². The molecule has 8 nitrogen and oxygen atoms in total. The predicted octanol–water partition coefficient (Wildman–Crippen LogP) is 1.65. The van der Waals surface area contributed by atoms with Crippen LogP contribution >= 0.6 is 0 Å². The van der Waals surface area contributed by atoms with Crippen LogP contribution in [0.5, 0.6) is 5.75 Å². The zero-order valence-corrected chi connectivity index (χ0v) is 14.2. The number of methoxy groups -OCH3 is 1. The molecule has 2 aromatic rings. The van der Waals surface area contributed by atoms with Crippen molar-refractivity contribution >= 4 is 23.9 Å². The van der Waals surface area contributed by atoms with Crippen molar-refractivity contribution in [3.05, 3.63) is 59.7 Å². The lowest BCUT2D eigenvalue weighted by Gasteiger charge is -2.13. The molecule has 8 heteroatoms. The van der Waals surface area contributed by atoms with E-state index in [-0.39, 0.29) is 11.5 Å². The summed E-state index contributed by atoms with van der Waals surface area (Å²) in [6.45, 7) is 1.32. The molecule has 2 rings (SSSR count). The molecular weight excluding hydrogens is 340 g/mol. The first-order chi connectivity index (χ1) is 12.4. The molecule has 0 bridgehead atoms. The third-order valence-corrected chi connectivity index (χ3v) is 3.38. The lowest BCUT2D eigenvalue weighted by molar-refractivity contribution is -0.140. The minimum Gasteiger partial charge on any atom is -0.497 e. The molecular formula is C18H18N2O6. The van der Waals surface area contributed by atoms with Gasteiger partial charge in [-0.2, -0.15) is 0 Å². The van der Waals surface area contributed by atoms with E-state index in [1.807, 2.05) is 0 Å². The highest BCUT2D eigenvalue weighted by Gasteiger charge is 2.20. The molecule has 0 saturated heterocycles. The number of ether oxygens (including phenoxy) is 1. The lowest BCUT2D eigenvalue weighted by atomic mass is 10.1. The van der Waals surface area contributed by atoms with Crippen LogP contribution in [0.3, 0.4) is 0 Å². The maximum Gasteiger partial charge on any atom is 0.325 e. The zero-order valence-electron chi connectivity index (χ0n) is 14.2. The highest BCUT2D eigenvalue weighted by atomic mass is 16.5. The Morgan fingerprint density at radius 3 is 2.42 bits per heavy atom. The van der Waals surface area contributed by atoms with Crippen LogP contribution in [0.25, 0.3) is 6.08 Å². The van der Waals surface area contributed by atoms with Gasteiger partial charge in [0.2, 0.25) is 0 Å². The predicted molar refractivity (Wildman–Crippen MR) is 92.4 cm³/mol. The molecule has 1 aromatic carbocycles. The van der Waals surface area contributed by atoms with E-state index in [1.54, 1.807) is 24.3 Å². The molecule has 0 fully saturated rings. The molecule has 136 valence electrons. The Kier molecular flexibility index (Phi) is 6.15. The maximum absolute atomic E-state index is 12.4. The molecule has 1 unspecified atom stereocenters. The smallest absolute Gasteiger partial charge is 0.325 e. The van der Waals surface area contributed by atoms with E-state index < -0.39 is 23.8 Å². The van der Waals surface area contributed by atoms with Gasteiger partial charge in [-0.25, -0.2) is 0 Å². The Labute approximate surface area is 149 Å². The minimum atomic E-state index is -1.19. The van der Waals surface area contributed by atoms with Crippen LogP contribution in [0.1, 0.15) is 23.0 Å².